The van der Waals surface area contributed by atoms with Crippen LogP contribution in [-0.4, -0.2) is 25.7 Å². The summed E-state index contributed by atoms with van der Waals surface area (Å²) in [5, 5.41) is 4.93. The van der Waals surface area contributed by atoms with Crippen molar-refractivity contribution in [1.82, 2.24) is 0 Å². The van der Waals surface area contributed by atoms with Gasteiger partial charge in [0.2, 0.25) is 5.91 Å². The number of benzene rings is 2. The third-order valence-corrected chi connectivity index (χ3v) is 3.52. The molecule has 0 bridgehead atoms. The molecule has 0 radical (unpaired) electrons. The minimum atomic E-state index is -4.34. The normalized spacial score (nSPS) is 11.1. The summed E-state index contributed by atoms with van der Waals surface area (Å²) >= 11 is 0. The molecule has 0 fully saturated rings. The van der Waals surface area contributed by atoms with Crippen molar-refractivity contribution in [1.29, 1.82) is 0 Å². The summed E-state index contributed by atoms with van der Waals surface area (Å²) in [6.45, 7) is 0.723. The Morgan fingerprint density at radius 2 is 1.80 bits per heavy atom. The van der Waals surface area contributed by atoms with E-state index in [9.17, 15) is 18.0 Å². The maximum Gasteiger partial charge on any atom is 0.405 e. The lowest BCUT2D eigenvalue weighted by Crippen LogP contribution is -2.22. The van der Waals surface area contributed by atoms with Gasteiger partial charge < -0.3 is 15.4 Å². The Hall–Kier alpha value is -2.70. The van der Waals surface area contributed by atoms with E-state index in [1.165, 1.54) is 6.07 Å². The number of aryl methyl sites for hydroxylation is 1. The zero-order valence-corrected chi connectivity index (χ0v) is 13.9. The van der Waals surface area contributed by atoms with Gasteiger partial charge in [-0.1, -0.05) is 24.3 Å². The first-order valence-electron chi connectivity index (χ1n) is 7.61. The molecule has 2 N–H and O–H groups in total. The van der Waals surface area contributed by atoms with Gasteiger partial charge in [0, 0.05) is 0 Å². The number of para-hydroxylation sites is 2. The van der Waals surface area contributed by atoms with Crippen LogP contribution in [-0.2, 0) is 11.2 Å². The van der Waals surface area contributed by atoms with Crippen LogP contribution in [0.1, 0.15) is 11.1 Å². The van der Waals surface area contributed by atoms with Gasteiger partial charge in [-0.15, -0.1) is 0 Å². The summed E-state index contributed by atoms with van der Waals surface area (Å²) in [5.74, 6) is 0.352. The lowest BCUT2D eigenvalue weighted by atomic mass is 10.1. The van der Waals surface area contributed by atoms with Gasteiger partial charge in [-0.2, -0.15) is 13.2 Å². The fourth-order valence-electron chi connectivity index (χ4n) is 2.30. The molecular weight excluding hydrogens is 333 g/mol. The van der Waals surface area contributed by atoms with Crippen molar-refractivity contribution in [2.75, 3.05) is 24.3 Å². The highest BCUT2D eigenvalue weighted by Crippen LogP contribution is 2.24. The van der Waals surface area contributed by atoms with E-state index in [0.717, 1.165) is 11.1 Å². The molecule has 0 saturated carbocycles. The number of hydrogen-bond acceptors (Lipinski definition) is 3. The Labute approximate surface area is 144 Å². The minimum Gasteiger partial charge on any atom is -0.496 e. The third-order valence-electron chi connectivity index (χ3n) is 3.52. The number of carbonyl (C=O) groups is 1. The van der Waals surface area contributed by atoms with Crippen molar-refractivity contribution >= 4 is 17.3 Å². The van der Waals surface area contributed by atoms with Gasteiger partial charge >= 0.3 is 6.18 Å². The first-order valence-corrected chi connectivity index (χ1v) is 7.61. The molecule has 2 aromatic rings. The molecule has 2 rings (SSSR count). The summed E-state index contributed by atoms with van der Waals surface area (Å²) in [7, 11) is 1.55. The fraction of sp³-hybridized carbons (Fsp3) is 0.278. The van der Waals surface area contributed by atoms with Crippen LogP contribution in [0.25, 0.3) is 0 Å². The molecule has 0 unspecified atom stereocenters. The topological polar surface area (TPSA) is 50.4 Å². The van der Waals surface area contributed by atoms with Gasteiger partial charge in [0.05, 0.1) is 24.9 Å². The van der Waals surface area contributed by atoms with Crippen molar-refractivity contribution in [3.63, 3.8) is 0 Å². The molecule has 0 atom stereocenters. The maximum absolute atomic E-state index is 12.4. The lowest BCUT2D eigenvalue weighted by molar-refractivity contribution is -0.116. The average molecular weight is 352 g/mol. The van der Waals surface area contributed by atoms with E-state index >= 15 is 0 Å². The average Bonchev–Trinajstić information content (AvgIpc) is 2.55. The molecule has 0 spiro atoms. The molecule has 0 saturated heterocycles. The fourth-order valence-corrected chi connectivity index (χ4v) is 2.30. The van der Waals surface area contributed by atoms with Gasteiger partial charge in [0.25, 0.3) is 0 Å². The SMILES string of the molecule is COc1cc(CC(=O)Nc2ccccc2NCC(F)(F)F)ccc1C. The Morgan fingerprint density at radius 1 is 1.12 bits per heavy atom. The number of anilines is 2. The quantitative estimate of drug-likeness (QED) is 0.821. The van der Waals surface area contributed by atoms with Crippen molar-refractivity contribution < 1.29 is 22.7 Å². The smallest absolute Gasteiger partial charge is 0.405 e. The highest BCUT2D eigenvalue weighted by molar-refractivity contribution is 5.95. The van der Waals surface area contributed by atoms with E-state index in [0.29, 0.717) is 11.4 Å². The van der Waals surface area contributed by atoms with Crippen molar-refractivity contribution in [3.05, 3.63) is 53.6 Å². The largest absolute Gasteiger partial charge is 0.496 e. The molecule has 0 aliphatic rings. The van der Waals surface area contributed by atoms with Crippen LogP contribution < -0.4 is 15.4 Å². The molecular formula is C18H19F3N2O2. The standard InChI is InChI=1S/C18H19F3N2O2/c1-12-7-8-13(9-16(12)25-2)10-17(24)23-15-6-4-3-5-14(15)22-11-18(19,20)21/h3-9,22H,10-11H2,1-2H3,(H,23,24). The first kappa shape index (κ1) is 18.6. The van der Waals surface area contributed by atoms with Crippen molar-refractivity contribution in [2.45, 2.75) is 19.5 Å². The van der Waals surface area contributed by atoms with Crippen molar-refractivity contribution in [3.8, 4) is 5.75 Å². The predicted octanol–water partition coefficient (Wildman–Crippen LogP) is 4.16. The second kappa shape index (κ2) is 7.92. The lowest BCUT2D eigenvalue weighted by Gasteiger charge is -2.14. The second-order valence-corrected chi connectivity index (χ2v) is 5.54. The Balaban J connectivity index is 2.05. The van der Waals surface area contributed by atoms with E-state index < -0.39 is 12.7 Å². The molecule has 2 aromatic carbocycles. The summed E-state index contributed by atoms with van der Waals surface area (Å²) in [4.78, 5) is 12.2. The van der Waals surface area contributed by atoms with Crippen LogP contribution in [0, 0.1) is 6.92 Å². The summed E-state index contributed by atoms with van der Waals surface area (Å²) in [5.41, 5.74) is 2.22. The van der Waals surface area contributed by atoms with Crippen LogP contribution in [0.5, 0.6) is 5.75 Å². The number of hydrogen-bond donors (Lipinski definition) is 2. The molecule has 134 valence electrons. The van der Waals surface area contributed by atoms with Gasteiger partial charge in [0.15, 0.2) is 0 Å². The number of amides is 1. The minimum absolute atomic E-state index is 0.0875. The van der Waals surface area contributed by atoms with E-state index in [2.05, 4.69) is 10.6 Å². The Bertz CT molecular complexity index is 745. The Morgan fingerprint density at radius 3 is 2.44 bits per heavy atom. The number of alkyl halides is 3. The molecule has 25 heavy (non-hydrogen) atoms. The number of halogens is 3. The number of methoxy groups -OCH3 is 1. The highest BCUT2D eigenvalue weighted by Gasteiger charge is 2.27. The summed E-state index contributed by atoms with van der Waals surface area (Å²) in [6, 6.07) is 11.7. The first-order chi connectivity index (χ1) is 11.8. The number of carbonyl (C=O) groups excluding carboxylic acids is 1. The molecule has 7 heteroatoms. The predicted molar refractivity (Wildman–Crippen MR) is 91.1 cm³/mol. The Kier molecular flexibility index (Phi) is 5.90. The zero-order chi connectivity index (χ0) is 18.4. The van der Waals surface area contributed by atoms with Crippen LogP contribution in [0.15, 0.2) is 42.5 Å². The monoisotopic (exact) mass is 352 g/mol. The van der Waals surface area contributed by atoms with Gasteiger partial charge in [-0.25, -0.2) is 0 Å². The molecule has 0 heterocycles. The summed E-state index contributed by atoms with van der Waals surface area (Å²) < 4.78 is 42.3. The van der Waals surface area contributed by atoms with E-state index in [1.54, 1.807) is 31.4 Å². The number of ether oxygens (including phenoxy) is 1. The number of nitrogens with one attached hydrogen (secondary N) is 2. The van der Waals surface area contributed by atoms with Crippen LogP contribution in [0.3, 0.4) is 0 Å². The third kappa shape index (κ3) is 5.70. The van der Waals surface area contributed by atoms with Crippen LogP contribution in [0.4, 0.5) is 24.5 Å². The zero-order valence-electron chi connectivity index (χ0n) is 13.9. The van der Waals surface area contributed by atoms with Gasteiger partial charge in [-0.05, 0) is 36.2 Å². The number of rotatable bonds is 6. The molecule has 0 aliphatic heterocycles. The summed E-state index contributed by atoms with van der Waals surface area (Å²) in [6.07, 6.45) is -4.25. The molecule has 4 nitrogen and oxygen atoms in total. The van der Waals surface area contributed by atoms with Gasteiger partial charge in [-0.3, -0.25) is 4.79 Å². The highest BCUT2D eigenvalue weighted by atomic mass is 19.4. The maximum atomic E-state index is 12.4. The van der Waals surface area contributed by atoms with E-state index in [4.69, 9.17) is 4.74 Å². The second-order valence-electron chi connectivity index (χ2n) is 5.54. The van der Waals surface area contributed by atoms with Crippen molar-refractivity contribution in [2.24, 2.45) is 0 Å². The molecule has 0 aromatic heterocycles. The van der Waals surface area contributed by atoms with Crippen LogP contribution >= 0.6 is 0 Å². The van der Waals surface area contributed by atoms with Gasteiger partial charge in [0.1, 0.15) is 12.3 Å². The van der Waals surface area contributed by atoms with E-state index in [-0.39, 0.29) is 18.0 Å². The molecule has 0 aliphatic carbocycles. The molecule has 1 amide bonds. The van der Waals surface area contributed by atoms with E-state index in [1.807, 2.05) is 19.1 Å². The van der Waals surface area contributed by atoms with Crippen LogP contribution in [0.2, 0.25) is 0 Å².